The highest BCUT2D eigenvalue weighted by Crippen LogP contribution is 2.30. The number of carboxylic acids is 1. The van der Waals surface area contributed by atoms with Crippen LogP contribution in [0.2, 0.25) is 0 Å². The summed E-state index contributed by atoms with van der Waals surface area (Å²) in [7, 11) is 0. The van der Waals surface area contributed by atoms with Gasteiger partial charge in [-0.1, -0.05) is 82.6 Å². The van der Waals surface area contributed by atoms with E-state index in [9.17, 15) is 96.8 Å². The molecule has 16 amide bonds. The van der Waals surface area contributed by atoms with Gasteiger partial charge in [-0.05, 0) is 153 Å². The van der Waals surface area contributed by atoms with Crippen molar-refractivity contribution in [2.75, 3.05) is 26.2 Å². The monoisotopic (exact) mass is 1630 g/mol. The molecule has 3 rings (SSSR count). The summed E-state index contributed by atoms with van der Waals surface area (Å²) in [6, 6.07) is -7.97. The second kappa shape index (κ2) is 39.7. The van der Waals surface area contributed by atoms with E-state index in [0.717, 1.165) is 9.80 Å². The number of rotatable bonds is 40. The number of carboxylic acid groups (broad SMARTS) is 1. The van der Waals surface area contributed by atoms with Gasteiger partial charge < -0.3 is 104 Å². The minimum absolute atomic E-state index is 0.0145. The molecule has 15 atom stereocenters. The molecular weight excluding hydrogens is 1500 g/mol. The highest BCUT2D eigenvalue weighted by atomic mass is 16.4. The van der Waals surface area contributed by atoms with E-state index in [0.29, 0.717) is 6.42 Å². The van der Waals surface area contributed by atoms with Crippen molar-refractivity contribution in [1.29, 1.82) is 0 Å². The van der Waals surface area contributed by atoms with E-state index in [1.165, 1.54) is 102 Å². The van der Waals surface area contributed by atoms with Crippen molar-refractivity contribution in [2.24, 2.45) is 17.8 Å². The van der Waals surface area contributed by atoms with Crippen molar-refractivity contribution < 1.29 is 102 Å². The number of nitrogens with zero attached hydrogens (tertiary/aromatic N) is 3. The summed E-state index contributed by atoms with van der Waals surface area (Å²) in [5, 5.41) is 76.1. The van der Waals surface area contributed by atoms with Crippen molar-refractivity contribution in [2.45, 2.75) is 348 Å². The SMILES string of the molecule is CC[C@H](C)[C@H](NC(=O)[C@@H]1C[C@@H](O)CN1C(=O)[C@@](C)(CC)NC(C)=O)C(=O)N[C@@](C)(CC)C(=O)N[C@@H](CC(C)C)C(=O)NC(C)(C)C(=O)NC(C)(C)C(=O)NC(C)(C)C(=O)N1C[C@H](O)C[C@H]1C(=O)N[C@@H](CC(C)C)C(=O)N[C@@](C)(CC)C(=O)NC(C)(C)C(=O)N1C[C@H](O)C[C@H]1C(=O)NC(C)(CC)C(=O)NC(C)(CC)C(=O)NCC(=O)O. The lowest BCUT2D eigenvalue weighted by Crippen LogP contribution is -2.68. The van der Waals surface area contributed by atoms with E-state index in [1.807, 2.05) is 0 Å². The molecule has 3 aliphatic rings. The Morgan fingerprint density at radius 3 is 1.11 bits per heavy atom. The highest BCUT2D eigenvalue weighted by Gasteiger charge is 2.53. The van der Waals surface area contributed by atoms with Crippen LogP contribution >= 0.6 is 0 Å². The fourth-order valence-corrected chi connectivity index (χ4v) is 13.5. The van der Waals surface area contributed by atoms with Crippen LogP contribution in [0.3, 0.4) is 0 Å². The molecule has 0 aromatic carbocycles. The Labute approximate surface area is 675 Å². The van der Waals surface area contributed by atoms with Crippen LogP contribution in [0, 0.1) is 17.8 Å². The maximum atomic E-state index is 14.7. The number of aliphatic hydroxyl groups excluding tert-OH is 3. The first kappa shape index (κ1) is 100. The Balaban J connectivity index is 1.78. The standard InChI is InChI=1S/C78H134N16O21/c1-26-43(11)54(82-58(104)51-35-46(97)40-94(51)69(115)78(25,31-6)83-44(12)95)60(106)87-75(22,28-3)64(110)81-49(33-42(9)10)55(101)84-70(13,14)61(107)88-71(15,16)62(108)89-72(17,18)67(113)92-38-45(96)34-50(92)57(103)80-48(32-41(7)8)56(102)85-76(23,29-4)65(111)90-73(19,20)68(114)93-39-47(98)36-52(93)59(105)86-77(24,30-5)66(112)91-74(21,27-2)63(109)79-37-53(99)100/h41-43,45-52,54,96-98H,26-40H2,1-25H3,(H,79,109)(H,80,103)(H,81,110)(H,82,104)(H,83,95)(H,84,101)(H,85,102)(H,86,105)(H,87,106)(H,88,107)(H,89,108)(H,90,111)(H,91,112)(H,99,100)/t43-,45+,46+,47+,48-,49-,50-,51-,52-,54-,74?,75-,76-,77?,78+/m0/s1. The van der Waals surface area contributed by atoms with Crippen molar-refractivity contribution >= 4 is 100 Å². The Hall–Kier alpha value is -9.13. The first-order valence-electron chi connectivity index (χ1n) is 39.9. The molecule has 3 fully saturated rings. The number of carbonyl (C=O) groups excluding carboxylic acids is 16. The Bertz CT molecular complexity index is 3640. The van der Waals surface area contributed by atoms with E-state index >= 15 is 0 Å². The second-order valence-electron chi connectivity index (χ2n) is 35.3. The molecule has 37 heteroatoms. The molecule has 17 N–H and O–H groups in total. The van der Waals surface area contributed by atoms with Gasteiger partial charge >= 0.3 is 5.97 Å². The molecule has 0 spiro atoms. The zero-order valence-corrected chi connectivity index (χ0v) is 72.1. The maximum absolute atomic E-state index is 14.7. The first-order valence-corrected chi connectivity index (χ1v) is 39.9. The molecule has 2 unspecified atom stereocenters. The van der Waals surface area contributed by atoms with Crippen LogP contribution in [0.25, 0.3) is 0 Å². The average Bonchev–Trinajstić information content (AvgIpc) is 1.73. The van der Waals surface area contributed by atoms with Crippen LogP contribution in [-0.4, -0.2) is 266 Å². The molecule has 3 heterocycles. The topological polar surface area (TPSA) is 537 Å². The van der Waals surface area contributed by atoms with Gasteiger partial charge in [-0.2, -0.15) is 0 Å². The van der Waals surface area contributed by atoms with Crippen molar-refractivity contribution in [1.82, 2.24) is 83.8 Å². The molecular formula is C78H134N16O21. The van der Waals surface area contributed by atoms with E-state index in [4.69, 9.17) is 5.11 Å². The summed E-state index contributed by atoms with van der Waals surface area (Å²) < 4.78 is 0. The molecule has 0 aliphatic carbocycles. The van der Waals surface area contributed by atoms with E-state index < -0.39 is 224 Å². The van der Waals surface area contributed by atoms with Crippen molar-refractivity contribution in [3.05, 3.63) is 0 Å². The van der Waals surface area contributed by atoms with Gasteiger partial charge in [0, 0.05) is 45.8 Å². The number of hydrogen-bond donors (Lipinski definition) is 17. The highest BCUT2D eigenvalue weighted by molar-refractivity contribution is 6.04. The number of likely N-dealkylation sites (tertiary alicyclic amines) is 3. The lowest BCUT2D eigenvalue weighted by atomic mass is 9.91. The van der Waals surface area contributed by atoms with Gasteiger partial charge in [-0.15, -0.1) is 0 Å². The first-order chi connectivity index (χ1) is 52.6. The van der Waals surface area contributed by atoms with Gasteiger partial charge in [0.1, 0.15) is 92.6 Å². The molecule has 115 heavy (non-hydrogen) atoms. The second-order valence-corrected chi connectivity index (χ2v) is 35.3. The van der Waals surface area contributed by atoms with E-state index in [-0.39, 0.29) is 89.1 Å². The molecule has 0 bridgehead atoms. The smallest absolute Gasteiger partial charge is 0.322 e. The van der Waals surface area contributed by atoms with Crippen LogP contribution in [0.15, 0.2) is 0 Å². The Kier molecular flexibility index (Phi) is 34.5. The summed E-state index contributed by atoms with van der Waals surface area (Å²) >= 11 is 0. The predicted octanol–water partition coefficient (Wildman–Crippen LogP) is -1.31. The third kappa shape index (κ3) is 25.7. The number of nitrogens with one attached hydrogen (secondary N) is 13. The van der Waals surface area contributed by atoms with Gasteiger partial charge in [0.25, 0.3) is 0 Å². The van der Waals surface area contributed by atoms with Gasteiger partial charge in [0.15, 0.2) is 0 Å². The number of aliphatic hydroxyl groups is 3. The van der Waals surface area contributed by atoms with Gasteiger partial charge in [0.05, 0.1) is 18.3 Å². The molecule has 0 radical (unpaired) electrons. The third-order valence-corrected chi connectivity index (χ3v) is 22.4. The van der Waals surface area contributed by atoms with E-state index in [2.05, 4.69) is 69.1 Å². The van der Waals surface area contributed by atoms with Crippen LogP contribution in [0.4, 0.5) is 0 Å². The number of amides is 16. The van der Waals surface area contributed by atoms with Crippen LogP contribution in [0.1, 0.15) is 244 Å². The fourth-order valence-electron chi connectivity index (χ4n) is 13.5. The van der Waals surface area contributed by atoms with Crippen molar-refractivity contribution in [3.8, 4) is 0 Å². The summed E-state index contributed by atoms with van der Waals surface area (Å²) in [5.41, 5.74) is -15.6. The van der Waals surface area contributed by atoms with Crippen LogP contribution in [0.5, 0.6) is 0 Å². The molecule has 652 valence electrons. The van der Waals surface area contributed by atoms with Crippen LogP contribution < -0.4 is 69.1 Å². The average molecular weight is 1630 g/mol. The van der Waals surface area contributed by atoms with Crippen molar-refractivity contribution in [3.63, 3.8) is 0 Å². The zero-order chi connectivity index (χ0) is 88.8. The summed E-state index contributed by atoms with van der Waals surface area (Å²) in [6.07, 6.45) is -3.85. The Morgan fingerprint density at radius 1 is 0.365 bits per heavy atom. The van der Waals surface area contributed by atoms with Gasteiger partial charge in [-0.3, -0.25) is 81.5 Å². The molecule has 0 aromatic rings. The molecule has 37 nitrogen and oxygen atoms in total. The molecule has 3 aliphatic heterocycles. The Morgan fingerprint density at radius 2 is 0.704 bits per heavy atom. The zero-order valence-electron chi connectivity index (χ0n) is 72.1. The lowest BCUT2D eigenvalue weighted by Gasteiger charge is -2.38. The van der Waals surface area contributed by atoms with Crippen LogP contribution in [-0.2, 0) is 81.5 Å². The largest absolute Gasteiger partial charge is 0.480 e. The molecule has 3 saturated heterocycles. The minimum atomic E-state index is -1.87. The van der Waals surface area contributed by atoms with Gasteiger partial charge in [-0.25, -0.2) is 0 Å². The summed E-state index contributed by atoms with van der Waals surface area (Å²) in [6.45, 7) is 36.0. The summed E-state index contributed by atoms with van der Waals surface area (Å²) in [5.74, 6) is -15.1. The molecule has 0 saturated carbocycles. The normalized spacial score (nSPS) is 21.6. The quantitative estimate of drug-likeness (QED) is 0.0339. The number of aliphatic carboxylic acids is 1. The number of hydrogen-bond acceptors (Lipinski definition) is 20. The third-order valence-electron chi connectivity index (χ3n) is 22.4. The van der Waals surface area contributed by atoms with Gasteiger partial charge in [0.2, 0.25) is 94.5 Å². The fraction of sp³-hybridized carbons (Fsp3) is 0.782. The number of β-amino-alcohol motifs (C(OH)–C–C–N with tert-alkyl or cyclic N) is 3. The number of carbonyl (C=O) groups is 17. The predicted molar refractivity (Wildman–Crippen MR) is 422 cm³/mol. The maximum Gasteiger partial charge on any atom is 0.322 e. The summed E-state index contributed by atoms with van der Waals surface area (Å²) in [4.78, 5) is 240. The lowest BCUT2D eigenvalue weighted by molar-refractivity contribution is -0.147. The molecule has 0 aromatic heterocycles. The minimum Gasteiger partial charge on any atom is -0.480 e. The van der Waals surface area contributed by atoms with E-state index in [1.54, 1.807) is 76.2 Å².